The van der Waals surface area contributed by atoms with Crippen LogP contribution in [0.2, 0.25) is 0 Å². The summed E-state index contributed by atoms with van der Waals surface area (Å²) < 4.78 is 4.86. The lowest BCUT2D eigenvalue weighted by Crippen LogP contribution is -1.86. The van der Waals surface area contributed by atoms with E-state index in [9.17, 15) is 0 Å². The van der Waals surface area contributed by atoms with Gasteiger partial charge in [0.2, 0.25) is 5.88 Å². The van der Waals surface area contributed by atoms with Crippen LogP contribution in [0.5, 0.6) is 5.88 Å². The second-order valence-electron chi connectivity index (χ2n) is 1.45. The molecule has 1 N–H and O–H groups in total. The predicted molar refractivity (Wildman–Crippen MR) is 38.2 cm³/mol. The van der Waals surface area contributed by atoms with Crippen molar-refractivity contribution in [2.75, 3.05) is 19.5 Å². The molecule has 1 rings (SSSR count). The summed E-state index contributed by atoms with van der Waals surface area (Å²) in [6.07, 6.45) is 0. The Bertz CT molecular complexity index is 168. The monoisotopic (exact) mass is 144 g/mol. The second kappa shape index (κ2) is 2.68. The van der Waals surface area contributed by atoms with Crippen molar-refractivity contribution in [3.63, 3.8) is 0 Å². The van der Waals surface area contributed by atoms with Gasteiger partial charge in [-0.2, -0.15) is 4.98 Å². The van der Waals surface area contributed by atoms with Crippen LogP contribution in [0, 0.1) is 0 Å². The van der Waals surface area contributed by atoms with E-state index in [1.54, 1.807) is 7.11 Å². The summed E-state index contributed by atoms with van der Waals surface area (Å²) in [5.41, 5.74) is 0. The highest BCUT2D eigenvalue weighted by molar-refractivity contribution is 7.13. The molecule has 9 heavy (non-hydrogen) atoms. The molecule has 50 valence electrons. The first-order valence-electron chi connectivity index (χ1n) is 2.54. The normalized spacial score (nSPS) is 9.11. The standard InChI is InChI=1S/C5H8N2OS/c1-6-5-7-4(8-2)3-9-5/h3H,1-2H3,(H,6,7). The van der Waals surface area contributed by atoms with Gasteiger partial charge in [0, 0.05) is 7.05 Å². The summed E-state index contributed by atoms with van der Waals surface area (Å²) in [4.78, 5) is 4.03. The minimum atomic E-state index is 0.671. The zero-order valence-corrected chi connectivity index (χ0v) is 6.16. The highest BCUT2D eigenvalue weighted by Gasteiger charge is 1.95. The fourth-order valence-corrected chi connectivity index (χ4v) is 1.09. The van der Waals surface area contributed by atoms with Gasteiger partial charge < -0.3 is 10.1 Å². The third kappa shape index (κ3) is 1.32. The topological polar surface area (TPSA) is 34.2 Å². The average Bonchev–Trinajstić information content (AvgIpc) is 2.34. The maximum absolute atomic E-state index is 4.86. The summed E-state index contributed by atoms with van der Waals surface area (Å²) in [5.74, 6) is 0.671. The molecule has 0 aliphatic heterocycles. The molecule has 0 aromatic carbocycles. The molecule has 0 atom stereocenters. The van der Waals surface area contributed by atoms with Gasteiger partial charge >= 0.3 is 0 Å². The molecule has 0 amide bonds. The smallest absolute Gasteiger partial charge is 0.226 e. The van der Waals surface area contributed by atoms with Crippen LogP contribution in [0.4, 0.5) is 5.13 Å². The number of thiazole rings is 1. The summed E-state index contributed by atoms with van der Waals surface area (Å²) >= 11 is 1.53. The van der Waals surface area contributed by atoms with Crippen LogP contribution >= 0.6 is 11.3 Å². The van der Waals surface area contributed by atoms with E-state index in [0.717, 1.165) is 5.13 Å². The Balaban J connectivity index is 2.74. The van der Waals surface area contributed by atoms with Crippen LogP contribution in [0.25, 0.3) is 0 Å². The lowest BCUT2D eigenvalue weighted by Gasteiger charge is -1.89. The lowest BCUT2D eigenvalue weighted by molar-refractivity contribution is 0.401. The van der Waals surface area contributed by atoms with E-state index in [2.05, 4.69) is 10.3 Å². The predicted octanol–water partition coefficient (Wildman–Crippen LogP) is 1.19. The van der Waals surface area contributed by atoms with Gasteiger partial charge in [0.25, 0.3) is 0 Å². The SMILES string of the molecule is CNc1nc(OC)cs1. The fraction of sp³-hybridized carbons (Fsp3) is 0.400. The Morgan fingerprint density at radius 1 is 1.78 bits per heavy atom. The maximum atomic E-state index is 4.86. The van der Waals surface area contributed by atoms with E-state index < -0.39 is 0 Å². The van der Waals surface area contributed by atoms with Crippen molar-refractivity contribution in [2.45, 2.75) is 0 Å². The number of nitrogens with zero attached hydrogens (tertiary/aromatic N) is 1. The first-order valence-corrected chi connectivity index (χ1v) is 3.42. The molecule has 3 nitrogen and oxygen atoms in total. The van der Waals surface area contributed by atoms with E-state index >= 15 is 0 Å². The van der Waals surface area contributed by atoms with Crippen molar-refractivity contribution in [1.82, 2.24) is 4.98 Å². The largest absolute Gasteiger partial charge is 0.480 e. The zero-order valence-electron chi connectivity index (χ0n) is 5.34. The van der Waals surface area contributed by atoms with Gasteiger partial charge in [0.05, 0.1) is 12.5 Å². The molecule has 0 saturated heterocycles. The summed E-state index contributed by atoms with van der Waals surface area (Å²) in [5, 5.41) is 5.64. The van der Waals surface area contributed by atoms with Gasteiger partial charge in [-0.3, -0.25) is 0 Å². The number of rotatable bonds is 2. The van der Waals surface area contributed by atoms with Crippen molar-refractivity contribution in [1.29, 1.82) is 0 Å². The van der Waals surface area contributed by atoms with Crippen molar-refractivity contribution < 1.29 is 4.74 Å². The number of hydrogen-bond acceptors (Lipinski definition) is 4. The molecule has 0 aliphatic rings. The van der Waals surface area contributed by atoms with Gasteiger partial charge in [-0.05, 0) is 0 Å². The van der Waals surface area contributed by atoms with E-state index in [-0.39, 0.29) is 0 Å². The van der Waals surface area contributed by atoms with Gasteiger partial charge in [-0.15, -0.1) is 11.3 Å². The quantitative estimate of drug-likeness (QED) is 0.677. The van der Waals surface area contributed by atoms with E-state index in [1.807, 2.05) is 12.4 Å². The molecule has 1 heterocycles. The molecular formula is C5H8N2OS. The molecule has 0 bridgehead atoms. The number of anilines is 1. The molecule has 0 fully saturated rings. The van der Waals surface area contributed by atoms with Gasteiger partial charge in [0.1, 0.15) is 0 Å². The van der Waals surface area contributed by atoms with Crippen LogP contribution in [0.3, 0.4) is 0 Å². The average molecular weight is 144 g/mol. The Kier molecular flexibility index (Phi) is 1.89. The molecule has 0 spiro atoms. The molecule has 0 unspecified atom stereocenters. The van der Waals surface area contributed by atoms with Crippen molar-refractivity contribution in [2.24, 2.45) is 0 Å². The Morgan fingerprint density at radius 2 is 2.56 bits per heavy atom. The van der Waals surface area contributed by atoms with E-state index in [0.29, 0.717) is 5.88 Å². The van der Waals surface area contributed by atoms with Crippen LogP contribution < -0.4 is 10.1 Å². The zero-order chi connectivity index (χ0) is 6.69. The highest BCUT2D eigenvalue weighted by atomic mass is 32.1. The van der Waals surface area contributed by atoms with Crippen LogP contribution in [-0.2, 0) is 0 Å². The molecule has 0 saturated carbocycles. The molecule has 1 aromatic rings. The molecular weight excluding hydrogens is 136 g/mol. The highest BCUT2D eigenvalue weighted by Crippen LogP contribution is 2.19. The van der Waals surface area contributed by atoms with E-state index in [4.69, 9.17) is 4.74 Å². The lowest BCUT2D eigenvalue weighted by atomic mass is 10.9. The van der Waals surface area contributed by atoms with Crippen LogP contribution in [0.1, 0.15) is 0 Å². The molecule has 0 aliphatic carbocycles. The second-order valence-corrected chi connectivity index (χ2v) is 2.30. The number of methoxy groups -OCH3 is 1. The summed E-state index contributed by atoms with van der Waals surface area (Å²) in [6.45, 7) is 0. The van der Waals surface area contributed by atoms with Crippen molar-refractivity contribution >= 4 is 16.5 Å². The Morgan fingerprint density at radius 3 is 2.89 bits per heavy atom. The van der Waals surface area contributed by atoms with Gasteiger partial charge in [-0.25, -0.2) is 0 Å². The van der Waals surface area contributed by atoms with Crippen molar-refractivity contribution in [3.05, 3.63) is 5.38 Å². The molecule has 0 radical (unpaired) electrons. The third-order valence-corrected chi connectivity index (χ3v) is 1.74. The van der Waals surface area contributed by atoms with Crippen LogP contribution in [-0.4, -0.2) is 19.1 Å². The molecule has 1 aromatic heterocycles. The summed E-state index contributed by atoms with van der Waals surface area (Å²) in [6, 6.07) is 0. The summed E-state index contributed by atoms with van der Waals surface area (Å²) in [7, 11) is 3.44. The number of ether oxygens (including phenoxy) is 1. The van der Waals surface area contributed by atoms with Gasteiger partial charge in [-0.1, -0.05) is 0 Å². The first kappa shape index (κ1) is 6.35. The van der Waals surface area contributed by atoms with Gasteiger partial charge in [0.15, 0.2) is 5.13 Å². The number of hydrogen-bond donors (Lipinski definition) is 1. The third-order valence-electron chi connectivity index (χ3n) is 0.906. The van der Waals surface area contributed by atoms with Crippen molar-refractivity contribution in [3.8, 4) is 5.88 Å². The maximum Gasteiger partial charge on any atom is 0.226 e. The van der Waals surface area contributed by atoms with E-state index in [1.165, 1.54) is 11.3 Å². The molecule has 4 heteroatoms. The van der Waals surface area contributed by atoms with Crippen LogP contribution in [0.15, 0.2) is 5.38 Å². The minimum Gasteiger partial charge on any atom is -0.480 e. The fourth-order valence-electron chi connectivity index (χ4n) is 0.468. The number of nitrogens with one attached hydrogen (secondary N) is 1. The minimum absolute atomic E-state index is 0.671. The number of aromatic nitrogens is 1. The first-order chi connectivity index (χ1) is 4.36. The Hall–Kier alpha value is -0.770. The Labute approximate surface area is 57.7 Å².